The van der Waals surface area contributed by atoms with E-state index in [-0.39, 0.29) is 21.5 Å². The normalized spacial score (nSPS) is 15.7. The summed E-state index contributed by atoms with van der Waals surface area (Å²) in [5, 5.41) is 0.914. The number of hydrogen-bond acceptors (Lipinski definition) is 7. The van der Waals surface area contributed by atoms with Crippen molar-refractivity contribution in [2.75, 3.05) is 6.61 Å². The number of hydrogen-bond donors (Lipinski definition) is 0. The molecule has 0 aliphatic carbocycles. The van der Waals surface area contributed by atoms with Crippen molar-refractivity contribution in [3.05, 3.63) is 114 Å². The first-order chi connectivity index (χ1) is 19.0. The molecule has 0 spiro atoms. The van der Waals surface area contributed by atoms with Crippen molar-refractivity contribution >= 4 is 46.7 Å². The predicted octanol–water partition coefficient (Wildman–Crippen LogP) is 6.05. The molecule has 40 heavy (non-hydrogen) atoms. The van der Waals surface area contributed by atoms with E-state index in [9.17, 15) is 22.8 Å². The molecular weight excluding hydrogens is 585 g/mol. The quantitative estimate of drug-likeness (QED) is 0.251. The van der Waals surface area contributed by atoms with Gasteiger partial charge in [-0.3, -0.25) is 9.36 Å². The van der Waals surface area contributed by atoms with E-state index in [4.69, 9.17) is 20.8 Å². The molecule has 206 valence electrons. The molecule has 1 atom stereocenters. The van der Waals surface area contributed by atoms with Crippen LogP contribution in [-0.2, 0) is 9.53 Å². The van der Waals surface area contributed by atoms with E-state index in [0.717, 1.165) is 26.4 Å². The summed E-state index contributed by atoms with van der Waals surface area (Å²) in [6, 6.07) is 15.7. The van der Waals surface area contributed by atoms with Crippen molar-refractivity contribution < 1.29 is 27.1 Å². The highest BCUT2D eigenvalue weighted by molar-refractivity contribution is 7.99. The number of nitrogens with zero attached hydrogens (tertiary/aromatic N) is 2. The van der Waals surface area contributed by atoms with Gasteiger partial charge in [0.1, 0.15) is 5.76 Å². The van der Waals surface area contributed by atoms with Crippen LogP contribution in [0.3, 0.4) is 0 Å². The maximum absolute atomic E-state index is 14.2. The topological polar surface area (TPSA) is 73.8 Å². The summed E-state index contributed by atoms with van der Waals surface area (Å²) in [6.07, 6.45) is -3.53. The second kappa shape index (κ2) is 11.1. The summed E-state index contributed by atoms with van der Waals surface area (Å²) in [5.74, 6) is -0.875. The number of fused-ring (bicyclic) bond motifs is 1. The van der Waals surface area contributed by atoms with Crippen molar-refractivity contribution in [1.29, 1.82) is 0 Å². The number of allylic oxidation sites excluding steroid dienone is 1. The molecule has 2 aromatic heterocycles. The van der Waals surface area contributed by atoms with E-state index in [0.29, 0.717) is 15.9 Å². The van der Waals surface area contributed by atoms with Gasteiger partial charge < -0.3 is 9.15 Å². The minimum absolute atomic E-state index is 0.0885. The van der Waals surface area contributed by atoms with E-state index in [2.05, 4.69) is 4.99 Å². The summed E-state index contributed by atoms with van der Waals surface area (Å²) in [5.41, 5.74) is -1.45. The van der Waals surface area contributed by atoms with Gasteiger partial charge in [-0.2, -0.15) is 13.2 Å². The number of thiazole rings is 1. The van der Waals surface area contributed by atoms with Gasteiger partial charge in [-0.1, -0.05) is 64.5 Å². The van der Waals surface area contributed by atoms with Gasteiger partial charge in [0.25, 0.3) is 5.56 Å². The third-order valence-corrected chi connectivity index (χ3v) is 8.06. The zero-order chi connectivity index (χ0) is 28.6. The summed E-state index contributed by atoms with van der Waals surface area (Å²) >= 11 is 8.16. The largest absolute Gasteiger partial charge is 0.463 e. The van der Waals surface area contributed by atoms with E-state index in [1.165, 1.54) is 49.0 Å². The lowest BCUT2D eigenvalue weighted by molar-refractivity contribution is -0.140. The number of rotatable bonds is 6. The first-order valence-corrected chi connectivity index (χ1v) is 14.0. The SMILES string of the molecule is CCOC(=O)C1=C(C(F)(F)F)N=c2s/c(=C\c3ccc(Sc4ccc(C)cc4)o3)c(=O)n2[C@@H]1c1ccc(Cl)cc1. The fourth-order valence-electron chi connectivity index (χ4n) is 4.12. The summed E-state index contributed by atoms with van der Waals surface area (Å²) < 4.78 is 54.6. The van der Waals surface area contributed by atoms with E-state index < -0.39 is 35.0 Å². The minimum atomic E-state index is -4.98. The van der Waals surface area contributed by atoms with Gasteiger partial charge in [-0.15, -0.1) is 0 Å². The smallest absolute Gasteiger partial charge is 0.434 e. The highest BCUT2D eigenvalue weighted by atomic mass is 35.5. The molecule has 0 N–H and O–H groups in total. The van der Waals surface area contributed by atoms with Crippen molar-refractivity contribution in [3.63, 3.8) is 0 Å². The molecule has 0 bridgehead atoms. The number of ether oxygens (including phenoxy) is 1. The van der Waals surface area contributed by atoms with Crippen LogP contribution in [0.25, 0.3) is 6.08 Å². The highest BCUT2D eigenvalue weighted by Gasteiger charge is 2.45. The zero-order valence-electron chi connectivity index (χ0n) is 21.0. The molecule has 5 rings (SSSR count). The highest BCUT2D eigenvalue weighted by Crippen LogP contribution is 2.38. The number of benzene rings is 2. The Labute approximate surface area is 239 Å². The number of alkyl halides is 3. The molecule has 3 heterocycles. The van der Waals surface area contributed by atoms with Gasteiger partial charge in [-0.05, 0) is 55.8 Å². The molecule has 0 saturated heterocycles. The number of aromatic nitrogens is 1. The second-order valence-corrected chi connectivity index (χ2v) is 11.2. The number of carbonyl (C=O) groups excluding carboxylic acids is 1. The molecule has 4 aromatic rings. The number of aryl methyl sites for hydroxylation is 1. The van der Waals surface area contributed by atoms with Crippen LogP contribution in [0.1, 0.15) is 29.9 Å². The lowest BCUT2D eigenvalue weighted by atomic mass is 9.95. The Morgan fingerprint density at radius 2 is 1.85 bits per heavy atom. The van der Waals surface area contributed by atoms with Crippen LogP contribution < -0.4 is 14.9 Å². The van der Waals surface area contributed by atoms with Crippen LogP contribution in [0.2, 0.25) is 5.02 Å². The molecule has 0 amide bonds. The van der Waals surface area contributed by atoms with Gasteiger partial charge >= 0.3 is 12.1 Å². The van der Waals surface area contributed by atoms with Crippen LogP contribution in [-0.4, -0.2) is 23.3 Å². The van der Waals surface area contributed by atoms with Crippen molar-refractivity contribution in [3.8, 4) is 0 Å². The van der Waals surface area contributed by atoms with Crippen molar-refractivity contribution in [1.82, 2.24) is 4.57 Å². The monoisotopic (exact) mass is 604 g/mol. The standard InChI is InChI=1S/C28H20ClF3N2O4S2/c1-3-37-26(36)22-23(16-6-8-17(29)9-7-16)34-25(35)20(40-27(34)33-24(22)28(30,31)32)14-18-10-13-21(38-18)39-19-11-4-15(2)5-12-19/h4-14,23H,3H2,1-2H3/b20-14-/t23-/m1/s1. The summed E-state index contributed by atoms with van der Waals surface area (Å²) in [7, 11) is 0. The lowest BCUT2D eigenvalue weighted by Gasteiger charge is -2.26. The van der Waals surface area contributed by atoms with Gasteiger partial charge in [0.15, 0.2) is 15.6 Å². The molecule has 0 fully saturated rings. The maximum atomic E-state index is 14.2. The number of esters is 1. The zero-order valence-corrected chi connectivity index (χ0v) is 23.4. The van der Waals surface area contributed by atoms with Gasteiger partial charge in [0.2, 0.25) is 0 Å². The molecule has 1 aliphatic rings. The maximum Gasteiger partial charge on any atom is 0.434 e. The third kappa shape index (κ3) is 5.67. The predicted molar refractivity (Wildman–Crippen MR) is 146 cm³/mol. The molecule has 6 nitrogen and oxygen atoms in total. The number of halogens is 4. The molecular formula is C28H20ClF3N2O4S2. The van der Waals surface area contributed by atoms with Crippen LogP contribution >= 0.6 is 34.7 Å². The van der Waals surface area contributed by atoms with Crippen molar-refractivity contribution in [2.24, 2.45) is 4.99 Å². The molecule has 0 radical (unpaired) electrons. The Balaban J connectivity index is 1.64. The van der Waals surface area contributed by atoms with Crippen LogP contribution in [0, 0.1) is 6.92 Å². The minimum Gasteiger partial charge on any atom is -0.463 e. The van der Waals surface area contributed by atoms with E-state index >= 15 is 0 Å². The Bertz CT molecular complexity index is 1790. The lowest BCUT2D eigenvalue weighted by Crippen LogP contribution is -2.41. The third-order valence-electron chi connectivity index (χ3n) is 5.90. The average Bonchev–Trinajstić information content (AvgIpc) is 3.48. The molecule has 0 saturated carbocycles. The van der Waals surface area contributed by atoms with Gasteiger partial charge in [0.05, 0.1) is 22.8 Å². The second-order valence-electron chi connectivity index (χ2n) is 8.69. The van der Waals surface area contributed by atoms with E-state index in [1.54, 1.807) is 12.1 Å². The molecule has 2 aromatic carbocycles. The first-order valence-electron chi connectivity index (χ1n) is 11.9. The van der Waals surface area contributed by atoms with Gasteiger partial charge in [-0.25, -0.2) is 9.79 Å². The molecule has 12 heteroatoms. The Morgan fingerprint density at radius 1 is 1.15 bits per heavy atom. The van der Waals surface area contributed by atoms with Gasteiger partial charge in [0, 0.05) is 16.0 Å². The molecule has 0 unspecified atom stereocenters. The fraction of sp³-hybridized carbons (Fsp3) is 0.179. The van der Waals surface area contributed by atoms with Crippen molar-refractivity contribution in [2.45, 2.75) is 36.1 Å². The molecule has 1 aliphatic heterocycles. The Kier molecular flexibility index (Phi) is 7.80. The van der Waals surface area contributed by atoms with Crippen LogP contribution in [0.5, 0.6) is 0 Å². The fourth-order valence-corrected chi connectivity index (χ4v) is 6.00. The van der Waals surface area contributed by atoms with Crippen LogP contribution in [0.4, 0.5) is 13.2 Å². The van der Waals surface area contributed by atoms with E-state index in [1.807, 2.05) is 31.2 Å². The first kappa shape index (κ1) is 28.0. The Hall–Kier alpha value is -3.54. The summed E-state index contributed by atoms with van der Waals surface area (Å²) in [4.78, 5) is 31.0. The Morgan fingerprint density at radius 3 is 2.50 bits per heavy atom. The number of furan rings is 1. The average molecular weight is 605 g/mol. The summed E-state index contributed by atoms with van der Waals surface area (Å²) in [6.45, 7) is 3.31. The number of carbonyl (C=O) groups is 1. The van der Waals surface area contributed by atoms with Crippen LogP contribution in [0.15, 0.2) is 96.1 Å².